The molecule has 0 aliphatic carbocycles. The molecule has 0 N–H and O–H groups in total. The normalized spacial score (nSPS) is 11.3. The van der Waals surface area contributed by atoms with Gasteiger partial charge in [-0.15, -0.1) is 0 Å². The third-order valence-electron chi connectivity index (χ3n) is 10.5. The van der Waals surface area contributed by atoms with Crippen LogP contribution in [0.1, 0.15) is 0 Å². The van der Waals surface area contributed by atoms with Crippen LogP contribution in [-0.4, -0.2) is 0 Å². The van der Waals surface area contributed by atoms with Gasteiger partial charge in [0.05, 0.1) is 0 Å². The number of anilines is 3. The maximum atomic E-state index is 6.19. The van der Waals surface area contributed by atoms with Crippen LogP contribution >= 0.6 is 0 Å². The lowest BCUT2D eigenvalue weighted by molar-refractivity contribution is 0.669. The van der Waals surface area contributed by atoms with Gasteiger partial charge in [-0.05, 0) is 122 Å². The highest BCUT2D eigenvalue weighted by Crippen LogP contribution is 2.40. The zero-order valence-electron chi connectivity index (χ0n) is 29.6. The molecule has 2 heteroatoms. The van der Waals surface area contributed by atoms with Crippen molar-refractivity contribution in [3.05, 3.63) is 212 Å². The molecular weight excluding hydrogens is 655 g/mol. The van der Waals surface area contributed by atoms with E-state index in [1.807, 2.05) is 12.1 Å². The van der Waals surface area contributed by atoms with E-state index in [4.69, 9.17) is 4.42 Å². The first-order valence-corrected chi connectivity index (χ1v) is 18.4. The van der Waals surface area contributed by atoms with E-state index in [1.165, 1.54) is 49.7 Å². The van der Waals surface area contributed by atoms with E-state index in [9.17, 15) is 0 Å². The molecule has 0 unspecified atom stereocenters. The van der Waals surface area contributed by atoms with Crippen LogP contribution in [-0.2, 0) is 0 Å². The Morgan fingerprint density at radius 1 is 0.296 bits per heavy atom. The first-order chi connectivity index (χ1) is 26.7. The lowest BCUT2D eigenvalue weighted by atomic mass is 9.95. The van der Waals surface area contributed by atoms with E-state index < -0.39 is 0 Å². The second-order valence-corrected chi connectivity index (χ2v) is 13.8. The molecule has 54 heavy (non-hydrogen) atoms. The van der Waals surface area contributed by atoms with Crippen LogP contribution in [0.4, 0.5) is 17.1 Å². The molecule has 0 atom stereocenters. The number of fused-ring (bicyclic) bond motifs is 4. The Hall–Kier alpha value is -7.16. The van der Waals surface area contributed by atoms with Crippen molar-refractivity contribution in [2.75, 3.05) is 4.90 Å². The van der Waals surface area contributed by atoms with Gasteiger partial charge in [0, 0.05) is 27.8 Å². The van der Waals surface area contributed by atoms with Crippen molar-refractivity contribution >= 4 is 49.8 Å². The van der Waals surface area contributed by atoms with Gasteiger partial charge in [-0.25, -0.2) is 0 Å². The summed E-state index contributed by atoms with van der Waals surface area (Å²) in [6.45, 7) is 0. The quantitative estimate of drug-likeness (QED) is 0.166. The fraction of sp³-hybridized carbons (Fsp3) is 0. The number of hydrogen-bond acceptors (Lipinski definition) is 2. The van der Waals surface area contributed by atoms with E-state index in [1.54, 1.807) is 0 Å². The van der Waals surface area contributed by atoms with Crippen molar-refractivity contribution in [2.45, 2.75) is 0 Å². The fourth-order valence-corrected chi connectivity index (χ4v) is 7.76. The van der Waals surface area contributed by atoms with Crippen LogP contribution < -0.4 is 4.90 Å². The molecule has 9 aromatic carbocycles. The average molecular weight is 690 g/mol. The Morgan fingerprint density at radius 3 is 1.50 bits per heavy atom. The maximum Gasteiger partial charge on any atom is 0.136 e. The fourth-order valence-electron chi connectivity index (χ4n) is 7.76. The summed E-state index contributed by atoms with van der Waals surface area (Å²) in [4.78, 5) is 2.32. The molecule has 0 bridgehead atoms. The van der Waals surface area contributed by atoms with Crippen LogP contribution in [0.25, 0.3) is 77.2 Å². The third kappa shape index (κ3) is 5.81. The summed E-state index contributed by atoms with van der Waals surface area (Å²) < 4.78 is 6.19. The monoisotopic (exact) mass is 689 g/mol. The largest absolute Gasteiger partial charge is 0.456 e. The van der Waals surface area contributed by atoms with Crippen LogP contribution in [0.2, 0.25) is 0 Å². The van der Waals surface area contributed by atoms with Crippen LogP contribution in [0.5, 0.6) is 0 Å². The van der Waals surface area contributed by atoms with Crippen LogP contribution in [0, 0.1) is 0 Å². The number of furan rings is 1. The Labute approximate surface area is 314 Å². The summed E-state index contributed by atoms with van der Waals surface area (Å²) in [5.74, 6) is 0. The Kier molecular flexibility index (Phi) is 7.85. The number of benzene rings is 9. The molecule has 0 saturated heterocycles. The lowest BCUT2D eigenvalue weighted by Crippen LogP contribution is -2.09. The zero-order valence-corrected chi connectivity index (χ0v) is 29.6. The molecule has 0 amide bonds. The highest BCUT2D eigenvalue weighted by Gasteiger charge is 2.16. The molecule has 10 aromatic rings. The predicted octanol–water partition coefficient (Wildman–Crippen LogP) is 14.9. The summed E-state index contributed by atoms with van der Waals surface area (Å²) in [7, 11) is 0. The topological polar surface area (TPSA) is 16.4 Å². The van der Waals surface area contributed by atoms with Gasteiger partial charge in [-0.3, -0.25) is 0 Å². The van der Waals surface area contributed by atoms with Gasteiger partial charge < -0.3 is 9.32 Å². The van der Waals surface area contributed by atoms with Gasteiger partial charge in [0.25, 0.3) is 0 Å². The number of para-hydroxylation sites is 2. The van der Waals surface area contributed by atoms with Crippen LogP contribution in [0.15, 0.2) is 217 Å². The molecule has 0 aliphatic rings. The van der Waals surface area contributed by atoms with Crippen molar-refractivity contribution in [1.82, 2.24) is 0 Å². The number of rotatable bonds is 7. The van der Waals surface area contributed by atoms with Crippen molar-refractivity contribution in [3.63, 3.8) is 0 Å². The van der Waals surface area contributed by atoms with E-state index >= 15 is 0 Å². The van der Waals surface area contributed by atoms with E-state index in [2.05, 4.69) is 205 Å². The summed E-state index contributed by atoms with van der Waals surface area (Å²) in [5, 5.41) is 4.80. The molecule has 10 rings (SSSR count). The van der Waals surface area contributed by atoms with Gasteiger partial charge in [-0.1, -0.05) is 146 Å². The maximum absolute atomic E-state index is 6.19. The first-order valence-electron chi connectivity index (χ1n) is 18.4. The molecule has 1 heterocycles. The highest BCUT2D eigenvalue weighted by molar-refractivity contribution is 6.12. The molecule has 0 spiro atoms. The Morgan fingerprint density at radius 2 is 0.796 bits per heavy atom. The highest BCUT2D eigenvalue weighted by atomic mass is 16.3. The summed E-state index contributed by atoms with van der Waals surface area (Å²) in [6.07, 6.45) is 0. The molecule has 0 saturated carbocycles. The van der Waals surface area contributed by atoms with Crippen molar-refractivity contribution in [1.29, 1.82) is 0 Å². The minimum absolute atomic E-state index is 0.906. The zero-order chi connectivity index (χ0) is 35.8. The number of hydrogen-bond donors (Lipinski definition) is 0. The average Bonchev–Trinajstić information content (AvgIpc) is 3.64. The molecule has 0 fully saturated rings. The number of nitrogens with zero attached hydrogens (tertiary/aromatic N) is 1. The van der Waals surface area contributed by atoms with Gasteiger partial charge in [0.15, 0.2) is 0 Å². The Bertz CT molecular complexity index is 2920. The second kappa shape index (κ2) is 13.4. The molecule has 0 aliphatic heterocycles. The first kappa shape index (κ1) is 31.6. The summed E-state index contributed by atoms with van der Waals surface area (Å²) in [6, 6.07) is 75.9. The third-order valence-corrected chi connectivity index (χ3v) is 10.5. The van der Waals surface area contributed by atoms with Gasteiger partial charge >= 0.3 is 0 Å². The Balaban J connectivity index is 0.960. The predicted molar refractivity (Wildman–Crippen MR) is 228 cm³/mol. The minimum Gasteiger partial charge on any atom is -0.456 e. The molecule has 1 aromatic heterocycles. The SMILES string of the molecule is c1ccc(N(c2ccc(-c3cccc(-c4cccc(-c5ccc6ccccc6c5)c4)c3)cc2)c2ccc(-c3cccc4oc5ccccc5c34)cc2)cc1. The van der Waals surface area contributed by atoms with Gasteiger partial charge in [0.1, 0.15) is 11.2 Å². The van der Waals surface area contributed by atoms with E-state index in [0.717, 1.165) is 44.6 Å². The minimum atomic E-state index is 0.906. The summed E-state index contributed by atoms with van der Waals surface area (Å²) in [5.41, 5.74) is 14.6. The van der Waals surface area contributed by atoms with E-state index in [-0.39, 0.29) is 0 Å². The van der Waals surface area contributed by atoms with E-state index in [0.29, 0.717) is 0 Å². The second-order valence-electron chi connectivity index (χ2n) is 13.8. The lowest BCUT2D eigenvalue weighted by Gasteiger charge is -2.26. The smallest absolute Gasteiger partial charge is 0.136 e. The molecule has 2 nitrogen and oxygen atoms in total. The molecular formula is C52H35NO. The molecule has 254 valence electrons. The van der Waals surface area contributed by atoms with Crippen molar-refractivity contribution in [3.8, 4) is 44.5 Å². The van der Waals surface area contributed by atoms with Crippen molar-refractivity contribution in [2.24, 2.45) is 0 Å². The van der Waals surface area contributed by atoms with Gasteiger partial charge in [-0.2, -0.15) is 0 Å². The molecule has 0 radical (unpaired) electrons. The van der Waals surface area contributed by atoms with Crippen molar-refractivity contribution < 1.29 is 4.42 Å². The van der Waals surface area contributed by atoms with Gasteiger partial charge in [0.2, 0.25) is 0 Å². The van der Waals surface area contributed by atoms with Crippen LogP contribution in [0.3, 0.4) is 0 Å². The summed E-state index contributed by atoms with van der Waals surface area (Å²) >= 11 is 0. The standard InChI is InChI=1S/C52H35NO/c1-2-17-45(18-3-1)53(47-31-27-38(28-32-47)48-20-10-22-51-52(48)49-19-6-7-21-50(49)54-51)46-29-25-37(26-30-46)40-13-8-14-41(33-40)42-15-9-16-43(35-42)44-24-23-36-11-4-5-12-39(36)34-44/h1-35H.